The van der Waals surface area contributed by atoms with Crippen LogP contribution in [-0.4, -0.2) is 41.6 Å². The lowest BCUT2D eigenvalue weighted by Gasteiger charge is -2.30. The first-order valence-electron chi connectivity index (χ1n) is 5.48. The number of nitriles is 1. The molecule has 18 heavy (non-hydrogen) atoms. The van der Waals surface area contributed by atoms with Crippen LogP contribution in [0.15, 0.2) is 18.3 Å². The highest BCUT2D eigenvalue weighted by Gasteiger charge is 2.26. The number of amides is 1. The number of carbonyl (C=O) groups is 1. The Bertz CT molecular complexity index is 485. The van der Waals surface area contributed by atoms with Crippen molar-refractivity contribution < 1.29 is 9.53 Å². The van der Waals surface area contributed by atoms with E-state index in [0.717, 1.165) is 0 Å². The minimum absolute atomic E-state index is 0.209. The molecule has 2 heterocycles. The van der Waals surface area contributed by atoms with Crippen LogP contribution >= 0.6 is 0 Å². The Morgan fingerprint density at radius 2 is 2.56 bits per heavy atom. The number of anilines is 1. The van der Waals surface area contributed by atoms with Crippen molar-refractivity contribution in [1.82, 2.24) is 9.88 Å². The van der Waals surface area contributed by atoms with E-state index in [1.54, 1.807) is 23.2 Å². The fourth-order valence-corrected chi connectivity index (χ4v) is 1.78. The summed E-state index contributed by atoms with van der Waals surface area (Å²) in [5.41, 5.74) is 2.77. The number of hydrazine groups is 1. The molecule has 1 saturated heterocycles. The van der Waals surface area contributed by atoms with Gasteiger partial charge in [-0.2, -0.15) is 5.26 Å². The number of nitrogen functional groups attached to an aromatic ring is 1. The first kappa shape index (κ1) is 12.3. The summed E-state index contributed by atoms with van der Waals surface area (Å²) in [6, 6.07) is 5.30. The SMILES string of the molecule is N#CC1CN(C(=O)c2cccnc2NN)CCO1. The van der Waals surface area contributed by atoms with Crippen LogP contribution < -0.4 is 11.3 Å². The van der Waals surface area contributed by atoms with E-state index in [1.165, 1.54) is 0 Å². The first-order valence-corrected chi connectivity index (χ1v) is 5.48. The van der Waals surface area contributed by atoms with Crippen LogP contribution in [0.3, 0.4) is 0 Å². The van der Waals surface area contributed by atoms with Crippen LogP contribution in [0.1, 0.15) is 10.4 Å². The summed E-state index contributed by atoms with van der Waals surface area (Å²) in [7, 11) is 0. The number of rotatable bonds is 2. The number of carbonyl (C=O) groups excluding carboxylic acids is 1. The summed E-state index contributed by atoms with van der Waals surface area (Å²) in [5, 5.41) is 8.80. The van der Waals surface area contributed by atoms with Gasteiger partial charge < -0.3 is 15.1 Å². The molecular weight excluding hydrogens is 234 g/mol. The smallest absolute Gasteiger partial charge is 0.257 e. The van der Waals surface area contributed by atoms with Gasteiger partial charge in [0.05, 0.1) is 24.8 Å². The lowest BCUT2D eigenvalue weighted by Crippen LogP contribution is -2.45. The van der Waals surface area contributed by atoms with E-state index in [-0.39, 0.29) is 12.5 Å². The maximum atomic E-state index is 12.3. The van der Waals surface area contributed by atoms with Gasteiger partial charge in [0, 0.05) is 12.7 Å². The van der Waals surface area contributed by atoms with E-state index in [4.69, 9.17) is 15.8 Å². The highest BCUT2D eigenvalue weighted by molar-refractivity contribution is 5.98. The molecule has 0 spiro atoms. The summed E-state index contributed by atoms with van der Waals surface area (Å²) in [4.78, 5) is 17.8. The Labute approximate surface area is 104 Å². The molecule has 1 unspecified atom stereocenters. The Hall–Kier alpha value is -2.17. The van der Waals surface area contributed by atoms with Gasteiger partial charge in [-0.3, -0.25) is 4.79 Å². The number of morpholine rings is 1. The molecule has 2 rings (SSSR count). The third kappa shape index (κ3) is 2.40. The number of nitrogens with one attached hydrogen (secondary N) is 1. The molecular formula is C11H13N5O2. The zero-order chi connectivity index (χ0) is 13.0. The predicted octanol–water partition coefficient (Wildman–Crippen LogP) is -0.268. The predicted molar refractivity (Wildman–Crippen MR) is 63.3 cm³/mol. The molecule has 1 aliphatic heterocycles. The average Bonchev–Trinajstić information content (AvgIpc) is 2.46. The molecule has 1 aromatic heterocycles. The fraction of sp³-hybridized carbons (Fsp3) is 0.364. The minimum Gasteiger partial charge on any atom is -0.360 e. The summed E-state index contributed by atoms with van der Waals surface area (Å²) in [6.07, 6.45) is 0.970. The number of nitrogens with zero attached hydrogens (tertiary/aromatic N) is 3. The molecule has 3 N–H and O–H groups in total. The maximum absolute atomic E-state index is 12.3. The van der Waals surface area contributed by atoms with Gasteiger partial charge in [0.1, 0.15) is 0 Å². The highest BCUT2D eigenvalue weighted by Crippen LogP contribution is 2.15. The number of aromatic nitrogens is 1. The zero-order valence-corrected chi connectivity index (χ0v) is 9.67. The molecule has 0 radical (unpaired) electrons. The number of hydrogen-bond donors (Lipinski definition) is 2. The van der Waals surface area contributed by atoms with Crippen LogP contribution in [0.4, 0.5) is 5.82 Å². The summed E-state index contributed by atoms with van der Waals surface area (Å²) >= 11 is 0. The van der Waals surface area contributed by atoms with Crippen molar-refractivity contribution in [2.24, 2.45) is 5.84 Å². The molecule has 1 atom stereocenters. The monoisotopic (exact) mass is 247 g/mol. The molecule has 7 nitrogen and oxygen atoms in total. The van der Waals surface area contributed by atoms with Crippen LogP contribution in [0.5, 0.6) is 0 Å². The molecule has 0 saturated carbocycles. The molecule has 1 aliphatic rings. The quantitative estimate of drug-likeness (QED) is 0.550. The van der Waals surface area contributed by atoms with Gasteiger partial charge in [0.25, 0.3) is 5.91 Å². The topological polar surface area (TPSA) is 104 Å². The van der Waals surface area contributed by atoms with Crippen molar-refractivity contribution in [1.29, 1.82) is 5.26 Å². The minimum atomic E-state index is -0.575. The molecule has 94 valence electrons. The second-order valence-corrected chi connectivity index (χ2v) is 3.78. The van der Waals surface area contributed by atoms with E-state index in [0.29, 0.717) is 24.5 Å². The second kappa shape index (κ2) is 5.44. The van der Waals surface area contributed by atoms with Crippen molar-refractivity contribution in [2.75, 3.05) is 25.1 Å². The van der Waals surface area contributed by atoms with E-state index in [1.807, 2.05) is 6.07 Å². The number of nitrogens with two attached hydrogens (primary N) is 1. The fourth-order valence-electron chi connectivity index (χ4n) is 1.78. The number of ether oxygens (including phenoxy) is 1. The molecule has 7 heteroatoms. The Balaban J connectivity index is 2.18. The third-order valence-corrected chi connectivity index (χ3v) is 2.67. The molecule has 0 bridgehead atoms. The third-order valence-electron chi connectivity index (χ3n) is 2.67. The summed E-state index contributed by atoms with van der Waals surface area (Å²) in [5.74, 6) is 5.42. The van der Waals surface area contributed by atoms with Gasteiger partial charge in [-0.15, -0.1) is 0 Å². The normalized spacial score (nSPS) is 19.1. The standard InChI is InChI=1S/C11H13N5O2/c12-6-8-7-16(4-5-18-8)11(17)9-2-1-3-14-10(9)15-13/h1-3,8H,4-5,7,13H2,(H,14,15). The zero-order valence-electron chi connectivity index (χ0n) is 9.67. The number of hydrogen-bond acceptors (Lipinski definition) is 6. The Morgan fingerprint density at radius 3 is 3.28 bits per heavy atom. The maximum Gasteiger partial charge on any atom is 0.257 e. The highest BCUT2D eigenvalue weighted by atomic mass is 16.5. The van der Waals surface area contributed by atoms with E-state index >= 15 is 0 Å². The van der Waals surface area contributed by atoms with Crippen LogP contribution in [-0.2, 0) is 4.74 Å². The van der Waals surface area contributed by atoms with E-state index in [2.05, 4.69) is 10.4 Å². The lowest BCUT2D eigenvalue weighted by molar-refractivity contribution is 0.00349. The Morgan fingerprint density at radius 1 is 1.72 bits per heavy atom. The summed E-state index contributed by atoms with van der Waals surface area (Å²) < 4.78 is 5.19. The van der Waals surface area contributed by atoms with Gasteiger partial charge >= 0.3 is 0 Å². The lowest BCUT2D eigenvalue weighted by atomic mass is 10.2. The van der Waals surface area contributed by atoms with Crippen LogP contribution in [0.25, 0.3) is 0 Å². The summed E-state index contributed by atoms with van der Waals surface area (Å²) in [6.45, 7) is 1.07. The molecule has 1 aromatic rings. The van der Waals surface area contributed by atoms with Crippen molar-refractivity contribution in [3.8, 4) is 6.07 Å². The van der Waals surface area contributed by atoms with Crippen molar-refractivity contribution in [3.05, 3.63) is 23.9 Å². The van der Waals surface area contributed by atoms with E-state index in [9.17, 15) is 4.79 Å². The largest absolute Gasteiger partial charge is 0.360 e. The molecule has 0 aliphatic carbocycles. The van der Waals surface area contributed by atoms with E-state index < -0.39 is 6.10 Å². The van der Waals surface area contributed by atoms with Crippen molar-refractivity contribution in [2.45, 2.75) is 6.10 Å². The second-order valence-electron chi connectivity index (χ2n) is 3.78. The molecule has 1 fully saturated rings. The van der Waals surface area contributed by atoms with Gasteiger partial charge in [0.15, 0.2) is 11.9 Å². The van der Waals surface area contributed by atoms with Gasteiger partial charge in [-0.05, 0) is 12.1 Å². The van der Waals surface area contributed by atoms with Crippen molar-refractivity contribution in [3.63, 3.8) is 0 Å². The number of pyridine rings is 1. The molecule has 0 aromatic carbocycles. The van der Waals surface area contributed by atoms with Gasteiger partial charge in [-0.1, -0.05) is 0 Å². The first-order chi connectivity index (χ1) is 8.76. The van der Waals surface area contributed by atoms with Crippen LogP contribution in [0, 0.1) is 11.3 Å². The van der Waals surface area contributed by atoms with Gasteiger partial charge in [-0.25, -0.2) is 10.8 Å². The van der Waals surface area contributed by atoms with Crippen LogP contribution in [0.2, 0.25) is 0 Å². The Kier molecular flexibility index (Phi) is 3.72. The van der Waals surface area contributed by atoms with Crippen molar-refractivity contribution >= 4 is 11.7 Å². The van der Waals surface area contributed by atoms with Gasteiger partial charge in [0.2, 0.25) is 0 Å². The average molecular weight is 247 g/mol. The molecule has 1 amide bonds.